The summed E-state index contributed by atoms with van der Waals surface area (Å²) in [5.74, 6) is -0.597. The highest BCUT2D eigenvalue weighted by atomic mass is 16.6. The van der Waals surface area contributed by atoms with Crippen molar-refractivity contribution in [1.82, 2.24) is 0 Å². The quantitative estimate of drug-likeness (QED) is 0.0373. The highest BCUT2D eigenvalue weighted by Gasteiger charge is 2.16. The van der Waals surface area contributed by atoms with Crippen molar-refractivity contribution >= 4 is 11.9 Å². The van der Waals surface area contributed by atoms with Gasteiger partial charge in [0, 0.05) is 12.8 Å². The molecule has 0 aliphatic rings. The summed E-state index contributed by atoms with van der Waals surface area (Å²) < 4.78 is 10.7. The van der Waals surface area contributed by atoms with Crippen molar-refractivity contribution in [2.24, 2.45) is 0 Å². The van der Waals surface area contributed by atoms with Crippen LogP contribution < -0.4 is 0 Å². The van der Waals surface area contributed by atoms with Gasteiger partial charge in [0.2, 0.25) is 0 Å². The van der Waals surface area contributed by atoms with Gasteiger partial charge < -0.3 is 14.6 Å². The molecule has 0 aromatic rings. The third kappa shape index (κ3) is 57.1. The molecule has 70 heavy (non-hydrogen) atoms. The standard InChI is InChI=1S/C65H110O5/c1-3-5-7-9-11-13-15-17-19-21-23-25-27-29-30-31-32-33-34-36-38-40-42-44-46-48-50-52-54-56-58-60-65(68)70-63(61-66)62-69-64(67)59-57-55-53-51-49-47-45-43-41-39-37-35-28-26-24-22-20-18-16-14-12-10-8-6-4-2/h5,7,11,13,16-19,22-25,29-30,32-33,36,38,63,66H,3-4,6,8-10,12,14-15,20-21,26-28,31,34-35,37,39-62H2,1-2H3/b7-5-,13-11-,18-16-,19-17-,24-22-,25-23-,30-29-,33-32-,38-36-. The number of allylic oxidation sites excluding steroid dienone is 18. The van der Waals surface area contributed by atoms with Crippen molar-refractivity contribution < 1.29 is 24.2 Å². The minimum atomic E-state index is -0.783. The predicted octanol–water partition coefficient (Wildman–Crippen LogP) is 20.1. The zero-order chi connectivity index (χ0) is 50.6. The van der Waals surface area contributed by atoms with Crippen LogP contribution >= 0.6 is 0 Å². The molecule has 0 aliphatic carbocycles. The van der Waals surface area contributed by atoms with Crippen LogP contribution in [0.5, 0.6) is 0 Å². The lowest BCUT2D eigenvalue weighted by atomic mass is 10.0. The number of carbonyl (C=O) groups excluding carboxylic acids is 2. The monoisotopic (exact) mass is 971 g/mol. The van der Waals surface area contributed by atoms with Crippen LogP contribution in [0.15, 0.2) is 109 Å². The van der Waals surface area contributed by atoms with Crippen LogP contribution in [0, 0.1) is 0 Å². The molecule has 0 aromatic carbocycles. The molecule has 0 rings (SSSR count). The van der Waals surface area contributed by atoms with Crippen LogP contribution in [-0.4, -0.2) is 36.4 Å². The Bertz CT molecular complexity index is 1380. The van der Waals surface area contributed by atoms with Crippen molar-refractivity contribution in [3.63, 3.8) is 0 Å². The van der Waals surface area contributed by atoms with Gasteiger partial charge in [-0.3, -0.25) is 9.59 Å². The first kappa shape index (κ1) is 66.6. The number of hydrogen-bond acceptors (Lipinski definition) is 5. The fourth-order valence-corrected chi connectivity index (χ4v) is 8.15. The number of rotatable bonds is 53. The van der Waals surface area contributed by atoms with E-state index < -0.39 is 6.10 Å². The Labute approximate surface area is 433 Å². The Hall–Kier alpha value is -3.44. The highest BCUT2D eigenvalue weighted by Crippen LogP contribution is 2.15. The van der Waals surface area contributed by atoms with Crippen molar-refractivity contribution in [1.29, 1.82) is 0 Å². The van der Waals surface area contributed by atoms with E-state index in [-0.39, 0.29) is 25.2 Å². The summed E-state index contributed by atoms with van der Waals surface area (Å²) in [6.07, 6.45) is 86.3. The van der Waals surface area contributed by atoms with Crippen LogP contribution in [-0.2, 0) is 19.1 Å². The van der Waals surface area contributed by atoms with E-state index in [0.29, 0.717) is 12.8 Å². The molecule has 0 aliphatic heterocycles. The molecule has 0 saturated carbocycles. The van der Waals surface area contributed by atoms with Crippen LogP contribution in [0.3, 0.4) is 0 Å². The van der Waals surface area contributed by atoms with Gasteiger partial charge in [-0.25, -0.2) is 0 Å². The summed E-state index contributed by atoms with van der Waals surface area (Å²) in [7, 11) is 0. The van der Waals surface area contributed by atoms with E-state index >= 15 is 0 Å². The second-order valence-corrected chi connectivity index (χ2v) is 19.3. The molecular weight excluding hydrogens is 861 g/mol. The van der Waals surface area contributed by atoms with Crippen molar-refractivity contribution in [2.45, 2.75) is 277 Å². The molecule has 1 atom stereocenters. The van der Waals surface area contributed by atoms with Crippen LogP contribution in [0.4, 0.5) is 0 Å². The average molecular weight is 972 g/mol. The smallest absolute Gasteiger partial charge is 0.306 e. The van der Waals surface area contributed by atoms with Gasteiger partial charge in [0.15, 0.2) is 6.10 Å². The van der Waals surface area contributed by atoms with E-state index in [1.807, 2.05) is 0 Å². The number of hydrogen-bond donors (Lipinski definition) is 1. The summed E-state index contributed by atoms with van der Waals surface area (Å²) >= 11 is 0. The summed E-state index contributed by atoms with van der Waals surface area (Å²) in [5.41, 5.74) is 0. The molecule has 1 unspecified atom stereocenters. The number of aliphatic hydroxyl groups is 1. The fourth-order valence-electron chi connectivity index (χ4n) is 8.15. The van der Waals surface area contributed by atoms with Gasteiger partial charge in [0.05, 0.1) is 6.61 Å². The van der Waals surface area contributed by atoms with Gasteiger partial charge >= 0.3 is 11.9 Å². The number of unbranched alkanes of at least 4 members (excludes halogenated alkanes) is 27. The summed E-state index contributed by atoms with van der Waals surface area (Å²) in [5, 5.41) is 9.67. The molecule has 5 nitrogen and oxygen atoms in total. The van der Waals surface area contributed by atoms with Gasteiger partial charge in [0.1, 0.15) is 6.61 Å². The third-order valence-electron chi connectivity index (χ3n) is 12.6. The maximum Gasteiger partial charge on any atom is 0.306 e. The summed E-state index contributed by atoms with van der Waals surface area (Å²) in [6.45, 7) is 4.03. The van der Waals surface area contributed by atoms with Gasteiger partial charge in [-0.05, 0) is 103 Å². The maximum absolute atomic E-state index is 12.3. The minimum Gasteiger partial charge on any atom is -0.462 e. The normalized spacial score (nSPS) is 13.0. The summed E-state index contributed by atoms with van der Waals surface area (Å²) in [6, 6.07) is 0. The Morgan fingerprint density at radius 1 is 0.343 bits per heavy atom. The Morgan fingerprint density at radius 3 is 0.929 bits per heavy atom. The van der Waals surface area contributed by atoms with Crippen LogP contribution in [0.2, 0.25) is 0 Å². The lowest BCUT2D eigenvalue weighted by Crippen LogP contribution is -2.28. The maximum atomic E-state index is 12.3. The second-order valence-electron chi connectivity index (χ2n) is 19.3. The van der Waals surface area contributed by atoms with Gasteiger partial charge in [-0.2, -0.15) is 0 Å². The molecule has 0 heterocycles. The number of ether oxygens (including phenoxy) is 2. The molecule has 0 spiro atoms. The number of carbonyl (C=O) groups is 2. The molecule has 0 amide bonds. The zero-order valence-electron chi connectivity index (χ0n) is 45.7. The molecule has 1 N–H and O–H groups in total. The topological polar surface area (TPSA) is 72.8 Å². The second kappa shape index (κ2) is 59.9. The van der Waals surface area contributed by atoms with E-state index in [2.05, 4.69) is 123 Å². The molecule has 0 bridgehead atoms. The first-order valence-corrected chi connectivity index (χ1v) is 29.4. The molecule has 0 fully saturated rings. The van der Waals surface area contributed by atoms with E-state index in [0.717, 1.165) is 96.3 Å². The third-order valence-corrected chi connectivity index (χ3v) is 12.6. The van der Waals surface area contributed by atoms with Crippen molar-refractivity contribution in [3.05, 3.63) is 109 Å². The number of aliphatic hydroxyl groups excluding tert-OH is 1. The molecule has 0 saturated heterocycles. The average Bonchev–Trinajstić information content (AvgIpc) is 3.36. The Kier molecular flexibility index (Phi) is 56.9. The minimum absolute atomic E-state index is 0.0729. The first-order chi connectivity index (χ1) is 34.6. The summed E-state index contributed by atoms with van der Waals surface area (Å²) in [4.78, 5) is 24.6. The van der Waals surface area contributed by atoms with E-state index in [1.54, 1.807) is 0 Å². The van der Waals surface area contributed by atoms with E-state index in [4.69, 9.17) is 9.47 Å². The molecule has 0 aromatic heterocycles. The lowest BCUT2D eigenvalue weighted by molar-refractivity contribution is -0.161. The van der Waals surface area contributed by atoms with Crippen LogP contribution in [0.1, 0.15) is 271 Å². The highest BCUT2D eigenvalue weighted by molar-refractivity contribution is 5.70. The van der Waals surface area contributed by atoms with E-state index in [1.165, 1.54) is 148 Å². The van der Waals surface area contributed by atoms with Gasteiger partial charge in [0.25, 0.3) is 0 Å². The first-order valence-electron chi connectivity index (χ1n) is 29.4. The van der Waals surface area contributed by atoms with Gasteiger partial charge in [-0.1, -0.05) is 264 Å². The van der Waals surface area contributed by atoms with E-state index in [9.17, 15) is 14.7 Å². The predicted molar refractivity (Wildman–Crippen MR) is 306 cm³/mol. The van der Waals surface area contributed by atoms with Crippen LogP contribution in [0.25, 0.3) is 0 Å². The van der Waals surface area contributed by atoms with Crippen molar-refractivity contribution in [2.75, 3.05) is 13.2 Å². The van der Waals surface area contributed by atoms with Gasteiger partial charge in [-0.15, -0.1) is 0 Å². The molecule has 5 heteroatoms. The van der Waals surface area contributed by atoms with Crippen molar-refractivity contribution in [3.8, 4) is 0 Å². The number of esters is 2. The lowest BCUT2D eigenvalue weighted by Gasteiger charge is -2.15. The largest absolute Gasteiger partial charge is 0.462 e. The zero-order valence-corrected chi connectivity index (χ0v) is 45.7. The Morgan fingerprint density at radius 2 is 0.614 bits per heavy atom. The Balaban J connectivity index is 3.54. The fraction of sp³-hybridized carbons (Fsp3) is 0.692. The molecule has 400 valence electrons. The SMILES string of the molecule is CC/C=C\C/C=C\C/C=C\C/C=C\C/C=C\C/C=C\C/C=C\CCCCCCCCCCCC(=O)OC(CO)COC(=O)CCCCCCCCCCCCCCC/C=C\C/C=C\CCCCCCC. The molecular formula is C65H110O5. The molecule has 0 radical (unpaired) electrons.